The summed E-state index contributed by atoms with van der Waals surface area (Å²) in [5, 5.41) is 0. The molecule has 2 unspecified atom stereocenters. The van der Waals surface area contributed by atoms with Crippen molar-refractivity contribution in [2.75, 3.05) is 33.5 Å². The van der Waals surface area contributed by atoms with Gasteiger partial charge in [-0.1, -0.05) is 6.92 Å². The number of epoxide rings is 1. The highest BCUT2D eigenvalue weighted by atomic mass is 16.6. The lowest BCUT2D eigenvalue weighted by Gasteiger charge is -2.33. The molecule has 0 amide bonds. The van der Waals surface area contributed by atoms with Gasteiger partial charge in [-0.2, -0.15) is 0 Å². The van der Waals surface area contributed by atoms with Gasteiger partial charge in [-0.15, -0.1) is 0 Å². The number of carbonyl (C=O) groups excluding carboxylic acids is 2. The van der Waals surface area contributed by atoms with Gasteiger partial charge in [-0.25, -0.2) is 0 Å². The molecule has 0 aliphatic carbocycles. The molecule has 1 fully saturated rings. The molecule has 0 spiro atoms. The second-order valence-electron chi connectivity index (χ2n) is 6.66. The van der Waals surface area contributed by atoms with Crippen LogP contribution in [0.5, 0.6) is 0 Å². The van der Waals surface area contributed by atoms with E-state index in [0.29, 0.717) is 26.1 Å². The van der Waals surface area contributed by atoms with E-state index in [2.05, 4.69) is 0 Å². The molecular weight excluding hydrogens is 288 g/mol. The minimum Gasteiger partial charge on any atom is -0.463 e. The maximum Gasteiger partial charge on any atom is 0.311 e. The second-order valence-corrected chi connectivity index (χ2v) is 6.66. The summed E-state index contributed by atoms with van der Waals surface area (Å²) in [4.78, 5) is 24.5. The van der Waals surface area contributed by atoms with Gasteiger partial charge < -0.3 is 18.9 Å². The third-order valence-electron chi connectivity index (χ3n) is 3.98. The number of esters is 2. The van der Waals surface area contributed by atoms with Crippen LogP contribution in [0.25, 0.3) is 0 Å². The zero-order valence-electron chi connectivity index (χ0n) is 14.3. The predicted octanol–water partition coefficient (Wildman–Crippen LogP) is 1.95. The molecule has 6 nitrogen and oxygen atoms in total. The van der Waals surface area contributed by atoms with Crippen LogP contribution in [-0.4, -0.2) is 51.6 Å². The van der Waals surface area contributed by atoms with Crippen molar-refractivity contribution >= 4 is 11.9 Å². The molecule has 0 aromatic heterocycles. The van der Waals surface area contributed by atoms with Crippen LogP contribution in [0.15, 0.2) is 0 Å². The first-order valence-electron chi connectivity index (χ1n) is 7.70. The van der Waals surface area contributed by atoms with E-state index in [4.69, 9.17) is 18.9 Å². The molecule has 0 aromatic rings. The van der Waals surface area contributed by atoms with Crippen molar-refractivity contribution in [3.8, 4) is 0 Å². The molecule has 0 N–H and O–H groups in total. The quantitative estimate of drug-likeness (QED) is 0.348. The van der Waals surface area contributed by atoms with E-state index in [1.54, 1.807) is 21.0 Å². The summed E-state index contributed by atoms with van der Waals surface area (Å²) in [7, 11) is 1.55. The van der Waals surface area contributed by atoms with Crippen LogP contribution in [0.4, 0.5) is 0 Å². The number of hydrogen-bond donors (Lipinski definition) is 0. The highest BCUT2D eigenvalue weighted by Crippen LogP contribution is 2.38. The Balaban J connectivity index is 2.59. The summed E-state index contributed by atoms with van der Waals surface area (Å²) in [6.45, 7) is 8.82. The average Bonchev–Trinajstić information content (AvgIpc) is 3.28. The molecule has 2 atom stereocenters. The summed E-state index contributed by atoms with van der Waals surface area (Å²) in [6.07, 6.45) is 0.991. The molecule has 6 heteroatoms. The molecule has 1 heterocycles. The lowest BCUT2D eigenvalue weighted by Crippen LogP contribution is -2.39. The van der Waals surface area contributed by atoms with E-state index in [0.717, 1.165) is 0 Å². The smallest absolute Gasteiger partial charge is 0.311 e. The van der Waals surface area contributed by atoms with E-state index in [1.807, 2.05) is 13.8 Å². The molecule has 22 heavy (non-hydrogen) atoms. The Morgan fingerprint density at radius 2 is 1.77 bits per heavy atom. The average molecular weight is 316 g/mol. The largest absolute Gasteiger partial charge is 0.463 e. The van der Waals surface area contributed by atoms with Gasteiger partial charge in [-0.3, -0.25) is 9.59 Å². The first-order chi connectivity index (χ1) is 10.2. The van der Waals surface area contributed by atoms with E-state index < -0.39 is 10.8 Å². The van der Waals surface area contributed by atoms with Gasteiger partial charge in [-0.05, 0) is 33.6 Å². The van der Waals surface area contributed by atoms with Gasteiger partial charge in [0.25, 0.3) is 0 Å². The van der Waals surface area contributed by atoms with Crippen molar-refractivity contribution in [1.29, 1.82) is 0 Å². The summed E-state index contributed by atoms with van der Waals surface area (Å²) in [6, 6.07) is 0. The first kappa shape index (κ1) is 18.9. The second kappa shape index (κ2) is 7.92. The Morgan fingerprint density at radius 1 is 1.14 bits per heavy atom. The van der Waals surface area contributed by atoms with Crippen molar-refractivity contribution in [1.82, 2.24) is 0 Å². The van der Waals surface area contributed by atoms with Gasteiger partial charge in [0.2, 0.25) is 0 Å². The summed E-state index contributed by atoms with van der Waals surface area (Å²) in [5.41, 5.74) is -1.49. The zero-order valence-corrected chi connectivity index (χ0v) is 14.3. The molecule has 1 saturated heterocycles. The standard InChI is InChI=1S/C16H28O6/c1-6-16(4,14(18)20-8-7-19-5)11-15(2,3)13(17)22-10-12-9-21-12/h12H,6-11H2,1-5H3. The van der Waals surface area contributed by atoms with Gasteiger partial charge in [0, 0.05) is 7.11 Å². The number of hydrogen-bond acceptors (Lipinski definition) is 6. The molecule has 0 radical (unpaired) electrons. The minimum absolute atomic E-state index is 0.0383. The molecule has 0 saturated carbocycles. The van der Waals surface area contributed by atoms with Crippen molar-refractivity contribution in [3.63, 3.8) is 0 Å². The molecule has 128 valence electrons. The van der Waals surface area contributed by atoms with Crippen molar-refractivity contribution in [2.45, 2.75) is 46.6 Å². The van der Waals surface area contributed by atoms with Crippen molar-refractivity contribution < 1.29 is 28.5 Å². The molecule has 1 aliphatic rings. The fourth-order valence-electron chi connectivity index (χ4n) is 2.31. The third-order valence-corrected chi connectivity index (χ3v) is 3.98. The van der Waals surface area contributed by atoms with Crippen molar-refractivity contribution in [2.24, 2.45) is 10.8 Å². The Kier molecular flexibility index (Phi) is 6.81. The molecule has 1 aliphatic heterocycles. The van der Waals surface area contributed by atoms with Crippen molar-refractivity contribution in [3.05, 3.63) is 0 Å². The first-order valence-corrected chi connectivity index (χ1v) is 7.70. The van der Waals surface area contributed by atoms with Crippen LogP contribution >= 0.6 is 0 Å². The molecule has 1 rings (SSSR count). The van der Waals surface area contributed by atoms with Crippen LogP contribution in [0.3, 0.4) is 0 Å². The third kappa shape index (κ3) is 5.57. The lowest BCUT2D eigenvalue weighted by molar-refractivity contribution is -0.164. The van der Waals surface area contributed by atoms with E-state index in [-0.39, 0.29) is 31.3 Å². The maximum atomic E-state index is 12.3. The lowest BCUT2D eigenvalue weighted by atomic mass is 9.72. The van der Waals surface area contributed by atoms with Crippen LogP contribution in [0.2, 0.25) is 0 Å². The highest BCUT2D eigenvalue weighted by molar-refractivity contribution is 5.80. The topological polar surface area (TPSA) is 74.4 Å². The fraction of sp³-hybridized carbons (Fsp3) is 0.875. The monoisotopic (exact) mass is 316 g/mol. The number of ether oxygens (including phenoxy) is 4. The molecule has 0 bridgehead atoms. The molecular formula is C16H28O6. The summed E-state index contributed by atoms with van der Waals surface area (Å²) >= 11 is 0. The molecule has 0 aromatic carbocycles. The number of methoxy groups -OCH3 is 1. The van der Waals surface area contributed by atoms with Crippen LogP contribution < -0.4 is 0 Å². The van der Waals surface area contributed by atoms with E-state index >= 15 is 0 Å². The van der Waals surface area contributed by atoms with E-state index in [9.17, 15) is 9.59 Å². The Labute approximate surface area is 132 Å². The van der Waals surface area contributed by atoms with Crippen LogP contribution in [0, 0.1) is 10.8 Å². The highest BCUT2D eigenvalue weighted by Gasteiger charge is 2.43. The van der Waals surface area contributed by atoms with Crippen LogP contribution in [-0.2, 0) is 28.5 Å². The summed E-state index contributed by atoms with van der Waals surface area (Å²) in [5.74, 6) is -0.620. The van der Waals surface area contributed by atoms with Crippen LogP contribution in [0.1, 0.15) is 40.5 Å². The van der Waals surface area contributed by atoms with Gasteiger partial charge in [0.1, 0.15) is 19.3 Å². The fourth-order valence-corrected chi connectivity index (χ4v) is 2.31. The number of carbonyl (C=O) groups is 2. The summed E-state index contributed by atoms with van der Waals surface area (Å²) < 4.78 is 20.4. The Hall–Kier alpha value is -1.14. The Morgan fingerprint density at radius 3 is 2.27 bits per heavy atom. The van der Waals surface area contributed by atoms with E-state index in [1.165, 1.54) is 0 Å². The maximum absolute atomic E-state index is 12.3. The zero-order chi connectivity index (χ0) is 16.8. The Bertz CT molecular complexity index is 388. The van der Waals surface area contributed by atoms with Gasteiger partial charge in [0.05, 0.1) is 24.0 Å². The SMILES string of the molecule is CCC(C)(CC(C)(C)C(=O)OCC1CO1)C(=O)OCCOC. The minimum atomic E-state index is -0.764. The van der Waals surface area contributed by atoms with Gasteiger partial charge in [0.15, 0.2) is 0 Å². The predicted molar refractivity (Wildman–Crippen MR) is 80.3 cm³/mol. The number of rotatable bonds is 10. The normalized spacial score (nSPS) is 20.1. The van der Waals surface area contributed by atoms with Gasteiger partial charge >= 0.3 is 11.9 Å².